The van der Waals surface area contributed by atoms with Gasteiger partial charge in [-0.25, -0.2) is 4.79 Å². The molecule has 0 aromatic heterocycles. The van der Waals surface area contributed by atoms with Gasteiger partial charge in [0, 0.05) is 13.7 Å². The summed E-state index contributed by atoms with van der Waals surface area (Å²) >= 11 is 0. The SMILES string of the molecule is CO[C@@H](C(=O)NCCOCC(=O)O)c1ccccc1. The number of nitrogens with one attached hydrogen (secondary N) is 1. The normalized spacial score (nSPS) is 11.8. The van der Waals surface area contributed by atoms with Gasteiger partial charge in [0.25, 0.3) is 5.91 Å². The molecule has 0 aliphatic carbocycles. The molecule has 1 amide bonds. The summed E-state index contributed by atoms with van der Waals surface area (Å²) in [4.78, 5) is 22.1. The lowest BCUT2D eigenvalue weighted by Crippen LogP contribution is -2.33. The van der Waals surface area contributed by atoms with E-state index in [0.29, 0.717) is 0 Å². The maximum Gasteiger partial charge on any atom is 0.329 e. The monoisotopic (exact) mass is 267 g/mol. The highest BCUT2D eigenvalue weighted by Gasteiger charge is 2.18. The fourth-order valence-electron chi connectivity index (χ4n) is 1.52. The second-order valence-corrected chi connectivity index (χ2v) is 3.76. The number of carbonyl (C=O) groups excluding carboxylic acids is 1. The van der Waals surface area contributed by atoms with E-state index in [4.69, 9.17) is 14.6 Å². The number of aliphatic carboxylic acids is 1. The van der Waals surface area contributed by atoms with Gasteiger partial charge >= 0.3 is 5.97 Å². The molecule has 0 unspecified atom stereocenters. The molecule has 1 rings (SSSR count). The van der Waals surface area contributed by atoms with Gasteiger partial charge in [0.1, 0.15) is 6.61 Å². The van der Waals surface area contributed by atoms with E-state index in [-0.39, 0.29) is 25.7 Å². The minimum atomic E-state index is -1.04. The van der Waals surface area contributed by atoms with Gasteiger partial charge in [-0.2, -0.15) is 0 Å². The van der Waals surface area contributed by atoms with Crippen molar-refractivity contribution in [3.63, 3.8) is 0 Å². The second-order valence-electron chi connectivity index (χ2n) is 3.76. The van der Waals surface area contributed by atoms with Crippen LogP contribution in [0.3, 0.4) is 0 Å². The van der Waals surface area contributed by atoms with Gasteiger partial charge in [-0.05, 0) is 5.56 Å². The van der Waals surface area contributed by atoms with Crippen LogP contribution >= 0.6 is 0 Å². The Balaban J connectivity index is 2.37. The van der Waals surface area contributed by atoms with Gasteiger partial charge in [-0.3, -0.25) is 4.79 Å². The van der Waals surface area contributed by atoms with Gasteiger partial charge in [-0.15, -0.1) is 0 Å². The van der Waals surface area contributed by atoms with Crippen LogP contribution in [-0.4, -0.2) is 43.9 Å². The summed E-state index contributed by atoms with van der Waals surface area (Å²) in [5, 5.41) is 11.0. The first-order valence-electron chi connectivity index (χ1n) is 5.80. The second kappa shape index (κ2) is 8.23. The van der Waals surface area contributed by atoms with E-state index >= 15 is 0 Å². The minimum Gasteiger partial charge on any atom is -0.480 e. The first kappa shape index (κ1) is 15.1. The van der Waals surface area contributed by atoms with Crippen molar-refractivity contribution in [3.05, 3.63) is 35.9 Å². The fraction of sp³-hybridized carbons (Fsp3) is 0.385. The Bertz CT molecular complexity index is 407. The third-order valence-electron chi connectivity index (χ3n) is 2.35. The van der Waals surface area contributed by atoms with E-state index in [1.54, 1.807) is 12.1 Å². The van der Waals surface area contributed by atoms with E-state index in [1.807, 2.05) is 18.2 Å². The van der Waals surface area contributed by atoms with E-state index in [2.05, 4.69) is 5.32 Å². The van der Waals surface area contributed by atoms with Crippen LogP contribution in [0.15, 0.2) is 30.3 Å². The van der Waals surface area contributed by atoms with E-state index in [1.165, 1.54) is 7.11 Å². The molecule has 0 spiro atoms. The van der Waals surface area contributed by atoms with E-state index < -0.39 is 12.1 Å². The standard InChI is InChI=1S/C13H17NO5/c1-18-12(10-5-3-2-4-6-10)13(17)14-7-8-19-9-11(15)16/h2-6,12H,7-9H2,1H3,(H,14,17)(H,15,16)/t12-/m1/s1. The summed E-state index contributed by atoms with van der Waals surface area (Å²) in [7, 11) is 1.46. The van der Waals surface area contributed by atoms with Crippen molar-refractivity contribution in [2.75, 3.05) is 26.9 Å². The highest BCUT2D eigenvalue weighted by molar-refractivity contribution is 5.82. The average Bonchev–Trinajstić information content (AvgIpc) is 2.40. The zero-order chi connectivity index (χ0) is 14.1. The summed E-state index contributed by atoms with van der Waals surface area (Å²) in [5.74, 6) is -1.32. The van der Waals surface area contributed by atoms with Crippen molar-refractivity contribution in [2.45, 2.75) is 6.10 Å². The molecule has 0 heterocycles. The number of carboxylic acids is 1. The molecule has 1 aromatic rings. The molecule has 0 radical (unpaired) electrons. The molecule has 6 nitrogen and oxygen atoms in total. The third kappa shape index (κ3) is 5.50. The Kier molecular flexibility index (Phi) is 6.56. The summed E-state index contributed by atoms with van der Waals surface area (Å²) in [6, 6.07) is 9.10. The minimum absolute atomic E-state index is 0.142. The first-order valence-corrected chi connectivity index (χ1v) is 5.80. The zero-order valence-electron chi connectivity index (χ0n) is 10.7. The summed E-state index contributed by atoms with van der Waals surface area (Å²) in [5.41, 5.74) is 0.758. The molecule has 6 heteroatoms. The molecule has 0 saturated carbocycles. The molecule has 2 N–H and O–H groups in total. The molecule has 1 atom stereocenters. The van der Waals surface area contributed by atoms with Crippen LogP contribution in [0.25, 0.3) is 0 Å². The largest absolute Gasteiger partial charge is 0.480 e. The highest BCUT2D eigenvalue weighted by Crippen LogP contribution is 2.15. The van der Waals surface area contributed by atoms with Crippen LogP contribution in [0, 0.1) is 0 Å². The first-order chi connectivity index (χ1) is 9.15. The molecule has 0 aliphatic heterocycles. The Labute approximate surface area is 111 Å². The lowest BCUT2D eigenvalue weighted by Gasteiger charge is -2.15. The van der Waals surface area contributed by atoms with Crippen molar-refractivity contribution < 1.29 is 24.2 Å². The molecule has 0 bridgehead atoms. The van der Waals surface area contributed by atoms with Gasteiger partial charge in [0.15, 0.2) is 6.10 Å². The lowest BCUT2D eigenvalue weighted by atomic mass is 10.1. The van der Waals surface area contributed by atoms with Crippen LogP contribution in [-0.2, 0) is 19.1 Å². The maximum absolute atomic E-state index is 11.9. The lowest BCUT2D eigenvalue weighted by molar-refractivity contribution is -0.142. The molecule has 104 valence electrons. The topological polar surface area (TPSA) is 84.9 Å². The van der Waals surface area contributed by atoms with Crippen molar-refractivity contribution in [1.82, 2.24) is 5.32 Å². The number of hydrogen-bond acceptors (Lipinski definition) is 4. The Morgan fingerprint density at radius 3 is 2.58 bits per heavy atom. The number of amides is 1. The average molecular weight is 267 g/mol. The molecule has 0 aliphatic rings. The van der Waals surface area contributed by atoms with Gasteiger partial charge < -0.3 is 19.9 Å². The quantitative estimate of drug-likeness (QED) is 0.673. The molecule has 0 fully saturated rings. The Morgan fingerprint density at radius 1 is 1.32 bits per heavy atom. The molecular weight excluding hydrogens is 250 g/mol. The predicted octanol–water partition coefficient (Wildman–Crippen LogP) is 0.592. The molecule has 19 heavy (non-hydrogen) atoms. The summed E-state index contributed by atoms with van der Waals surface area (Å²) in [6.45, 7) is 0.00430. The van der Waals surface area contributed by atoms with Gasteiger partial charge in [0.2, 0.25) is 0 Å². The number of carbonyl (C=O) groups is 2. The predicted molar refractivity (Wildman–Crippen MR) is 67.7 cm³/mol. The van der Waals surface area contributed by atoms with Crippen LogP contribution in [0.4, 0.5) is 0 Å². The van der Waals surface area contributed by atoms with Crippen LogP contribution in [0.5, 0.6) is 0 Å². The van der Waals surface area contributed by atoms with Crippen molar-refractivity contribution in [3.8, 4) is 0 Å². The maximum atomic E-state index is 11.9. The number of hydrogen-bond donors (Lipinski definition) is 2. The zero-order valence-corrected chi connectivity index (χ0v) is 10.7. The van der Waals surface area contributed by atoms with E-state index in [0.717, 1.165) is 5.56 Å². The van der Waals surface area contributed by atoms with Gasteiger partial charge in [0.05, 0.1) is 6.61 Å². The fourth-order valence-corrected chi connectivity index (χ4v) is 1.52. The number of carboxylic acid groups (broad SMARTS) is 1. The highest BCUT2D eigenvalue weighted by atomic mass is 16.5. The van der Waals surface area contributed by atoms with E-state index in [9.17, 15) is 9.59 Å². The van der Waals surface area contributed by atoms with Crippen molar-refractivity contribution in [2.24, 2.45) is 0 Å². The summed E-state index contributed by atoms with van der Waals surface area (Å²) in [6.07, 6.45) is -0.680. The van der Waals surface area contributed by atoms with Crippen molar-refractivity contribution in [1.29, 1.82) is 0 Å². The van der Waals surface area contributed by atoms with Crippen molar-refractivity contribution >= 4 is 11.9 Å². The Morgan fingerprint density at radius 2 is 2.00 bits per heavy atom. The number of rotatable bonds is 8. The molecular formula is C13H17NO5. The van der Waals surface area contributed by atoms with Crippen LogP contribution < -0.4 is 5.32 Å². The number of ether oxygens (including phenoxy) is 2. The van der Waals surface area contributed by atoms with Crippen LogP contribution in [0.2, 0.25) is 0 Å². The molecule has 0 saturated heterocycles. The number of benzene rings is 1. The van der Waals surface area contributed by atoms with Crippen LogP contribution in [0.1, 0.15) is 11.7 Å². The van der Waals surface area contributed by atoms with Gasteiger partial charge in [-0.1, -0.05) is 30.3 Å². The number of methoxy groups -OCH3 is 1. The summed E-state index contributed by atoms with van der Waals surface area (Å²) < 4.78 is 9.96. The third-order valence-corrected chi connectivity index (χ3v) is 2.35. The Hall–Kier alpha value is -1.92. The smallest absolute Gasteiger partial charge is 0.329 e. The molecule has 1 aromatic carbocycles.